The number of nitrogens with one attached hydrogen (secondary N) is 2. The molecular weight excluding hydrogens is 396 g/mol. The molecule has 8 heteroatoms. The number of carbonyl (C=O) groups excluding carboxylic acids is 1. The molecule has 3 aromatic rings. The van der Waals surface area contributed by atoms with E-state index in [9.17, 15) is 4.79 Å². The zero-order valence-electron chi connectivity index (χ0n) is 17.2. The highest BCUT2D eigenvalue weighted by Crippen LogP contribution is 2.44. The Hall–Kier alpha value is -3.81. The molecule has 0 saturated carbocycles. The Morgan fingerprint density at radius 1 is 0.935 bits per heavy atom. The van der Waals surface area contributed by atoms with E-state index in [0.29, 0.717) is 41.5 Å². The fraction of sp³-hybridized carbons (Fsp3) is 0.261. The van der Waals surface area contributed by atoms with Crippen LogP contribution in [0.1, 0.15) is 35.9 Å². The van der Waals surface area contributed by atoms with Crippen molar-refractivity contribution in [1.29, 1.82) is 0 Å². The first-order valence-corrected chi connectivity index (χ1v) is 10.1. The molecule has 0 bridgehead atoms. The number of hydrogen-bond acceptors (Lipinski definition) is 8. The summed E-state index contributed by atoms with van der Waals surface area (Å²) in [6.45, 7) is 0. The number of Topliss-reactive ketones (excluding diaryl/α,β-unsaturated/α-hetero) is 1. The minimum absolute atomic E-state index is 0.0731. The Balaban J connectivity index is 1.62. The Morgan fingerprint density at radius 3 is 2.35 bits per heavy atom. The molecular formula is C23H22N4O4. The van der Waals surface area contributed by atoms with Crippen LogP contribution in [0.4, 0.5) is 11.6 Å². The van der Waals surface area contributed by atoms with Crippen LogP contribution in [0.5, 0.6) is 11.5 Å². The van der Waals surface area contributed by atoms with Crippen LogP contribution in [-0.4, -0.2) is 30.3 Å². The first-order valence-electron chi connectivity index (χ1n) is 10.1. The van der Waals surface area contributed by atoms with Crippen molar-refractivity contribution in [1.82, 2.24) is 10.3 Å². The van der Waals surface area contributed by atoms with E-state index in [1.54, 1.807) is 20.3 Å². The van der Waals surface area contributed by atoms with Gasteiger partial charge in [0.25, 0.3) is 0 Å². The van der Waals surface area contributed by atoms with Gasteiger partial charge in [-0.3, -0.25) is 4.79 Å². The highest BCUT2D eigenvalue weighted by Gasteiger charge is 2.37. The summed E-state index contributed by atoms with van der Waals surface area (Å²) in [7, 11) is 3.20. The maximum atomic E-state index is 13.5. The van der Waals surface area contributed by atoms with E-state index in [4.69, 9.17) is 14.1 Å². The Morgan fingerprint density at radius 2 is 1.65 bits per heavy atom. The van der Waals surface area contributed by atoms with Gasteiger partial charge in [-0.25, -0.2) is 4.63 Å². The minimum Gasteiger partial charge on any atom is -0.497 e. The lowest BCUT2D eigenvalue weighted by atomic mass is 9.78. The molecule has 2 aromatic carbocycles. The van der Waals surface area contributed by atoms with Crippen LogP contribution < -0.4 is 20.1 Å². The standard InChI is InChI=1S/C23H22N4O4/c1-29-16-8-15(9-17(12-16)30-2)21-20-18(24-22-23(25-21)27-31-26-22)10-14(11-19(20)28)13-6-4-3-5-7-13/h3-9,12,14,21H,10-11H2,1-2H3,(H,24,26)(H,25,27). The van der Waals surface area contributed by atoms with Gasteiger partial charge in [-0.2, -0.15) is 0 Å². The van der Waals surface area contributed by atoms with Gasteiger partial charge in [0, 0.05) is 23.8 Å². The predicted molar refractivity (Wildman–Crippen MR) is 114 cm³/mol. The van der Waals surface area contributed by atoms with Gasteiger partial charge in [0.05, 0.1) is 20.3 Å². The largest absolute Gasteiger partial charge is 0.497 e. The smallest absolute Gasteiger partial charge is 0.219 e. The summed E-state index contributed by atoms with van der Waals surface area (Å²) in [4.78, 5) is 13.5. The number of allylic oxidation sites excluding steroid dienone is 1. The summed E-state index contributed by atoms with van der Waals surface area (Å²) in [5.74, 6) is 2.35. The van der Waals surface area contributed by atoms with Gasteiger partial charge >= 0.3 is 0 Å². The normalized spacial score (nSPS) is 20.1. The maximum absolute atomic E-state index is 13.5. The van der Waals surface area contributed by atoms with Crippen LogP contribution >= 0.6 is 0 Å². The van der Waals surface area contributed by atoms with Crippen LogP contribution in [0.2, 0.25) is 0 Å². The van der Waals surface area contributed by atoms with E-state index in [-0.39, 0.29) is 11.7 Å². The van der Waals surface area contributed by atoms with E-state index < -0.39 is 6.04 Å². The number of methoxy groups -OCH3 is 2. The second-order valence-electron chi connectivity index (χ2n) is 7.64. The number of ether oxygens (including phenoxy) is 2. The summed E-state index contributed by atoms with van der Waals surface area (Å²) in [6.07, 6.45) is 1.11. The van der Waals surface area contributed by atoms with Crippen molar-refractivity contribution in [2.24, 2.45) is 0 Å². The summed E-state index contributed by atoms with van der Waals surface area (Å²) in [5, 5.41) is 14.6. The Labute approximate surface area is 179 Å². The third-order valence-corrected chi connectivity index (χ3v) is 5.81. The molecule has 31 heavy (non-hydrogen) atoms. The number of rotatable bonds is 4. The van der Waals surface area contributed by atoms with Crippen molar-refractivity contribution in [3.8, 4) is 11.5 Å². The van der Waals surface area contributed by atoms with E-state index in [1.807, 2.05) is 30.3 Å². The number of ketones is 1. The van der Waals surface area contributed by atoms with E-state index in [1.165, 1.54) is 0 Å². The Bertz CT molecular complexity index is 1130. The van der Waals surface area contributed by atoms with Crippen LogP contribution in [0.3, 0.4) is 0 Å². The average Bonchev–Trinajstić information content (AvgIpc) is 3.17. The highest BCUT2D eigenvalue weighted by molar-refractivity contribution is 6.00. The van der Waals surface area contributed by atoms with Gasteiger partial charge in [0.1, 0.15) is 11.5 Å². The van der Waals surface area contributed by atoms with Crippen LogP contribution in [0, 0.1) is 0 Å². The topological polar surface area (TPSA) is 98.5 Å². The van der Waals surface area contributed by atoms with Crippen molar-refractivity contribution in [2.45, 2.75) is 24.8 Å². The average molecular weight is 418 g/mol. The molecule has 1 aliphatic carbocycles. The number of nitrogens with zero attached hydrogens (tertiary/aromatic N) is 2. The molecule has 2 unspecified atom stereocenters. The lowest BCUT2D eigenvalue weighted by Gasteiger charge is -2.30. The van der Waals surface area contributed by atoms with E-state index in [2.05, 4.69) is 33.1 Å². The van der Waals surface area contributed by atoms with Crippen LogP contribution in [-0.2, 0) is 4.79 Å². The molecule has 2 N–H and O–H groups in total. The third kappa shape index (κ3) is 3.50. The zero-order chi connectivity index (χ0) is 21.4. The summed E-state index contributed by atoms with van der Waals surface area (Å²) < 4.78 is 15.8. The summed E-state index contributed by atoms with van der Waals surface area (Å²) in [5.41, 5.74) is 3.45. The summed E-state index contributed by atoms with van der Waals surface area (Å²) in [6, 6.07) is 15.2. The second-order valence-corrected chi connectivity index (χ2v) is 7.64. The fourth-order valence-electron chi connectivity index (χ4n) is 4.31. The van der Waals surface area contributed by atoms with Crippen molar-refractivity contribution < 1.29 is 18.9 Å². The molecule has 0 fully saturated rings. The molecule has 0 amide bonds. The van der Waals surface area contributed by atoms with Crippen molar-refractivity contribution in [3.63, 3.8) is 0 Å². The molecule has 2 heterocycles. The molecule has 8 nitrogen and oxygen atoms in total. The van der Waals surface area contributed by atoms with Gasteiger partial charge in [-0.1, -0.05) is 30.3 Å². The van der Waals surface area contributed by atoms with Crippen LogP contribution in [0.25, 0.3) is 0 Å². The first-order chi connectivity index (χ1) is 15.2. The molecule has 0 spiro atoms. The molecule has 0 radical (unpaired) electrons. The van der Waals surface area contributed by atoms with Crippen molar-refractivity contribution in [2.75, 3.05) is 24.9 Å². The molecule has 158 valence electrons. The van der Waals surface area contributed by atoms with Gasteiger partial charge in [0.2, 0.25) is 11.6 Å². The first kappa shape index (κ1) is 19.2. The third-order valence-electron chi connectivity index (χ3n) is 5.81. The van der Waals surface area contributed by atoms with Crippen molar-refractivity contribution >= 4 is 17.4 Å². The number of hydrogen-bond donors (Lipinski definition) is 2. The molecule has 5 rings (SSSR count). The van der Waals surface area contributed by atoms with Gasteiger partial charge in [-0.05, 0) is 45.9 Å². The monoisotopic (exact) mass is 418 g/mol. The number of carbonyl (C=O) groups is 1. The predicted octanol–water partition coefficient (Wildman–Crippen LogP) is 4.07. The maximum Gasteiger partial charge on any atom is 0.219 e. The van der Waals surface area contributed by atoms with Gasteiger partial charge < -0.3 is 20.1 Å². The summed E-state index contributed by atoms with van der Waals surface area (Å²) >= 11 is 0. The number of anilines is 2. The quantitative estimate of drug-likeness (QED) is 0.654. The minimum atomic E-state index is -0.455. The second kappa shape index (κ2) is 7.79. The lowest BCUT2D eigenvalue weighted by molar-refractivity contribution is -0.116. The molecule has 2 aliphatic rings. The fourth-order valence-corrected chi connectivity index (χ4v) is 4.31. The molecule has 0 saturated heterocycles. The van der Waals surface area contributed by atoms with E-state index in [0.717, 1.165) is 16.8 Å². The zero-order valence-corrected chi connectivity index (χ0v) is 17.2. The highest BCUT2D eigenvalue weighted by atomic mass is 16.6. The molecule has 1 aliphatic heterocycles. The SMILES string of the molecule is COc1cc(OC)cc(C2Nc3nonc3NC3=C2C(=O)CC(c2ccccc2)C3)c1. The van der Waals surface area contributed by atoms with Gasteiger partial charge in [0.15, 0.2) is 5.78 Å². The lowest BCUT2D eigenvalue weighted by Crippen LogP contribution is -2.27. The number of aromatic nitrogens is 2. The number of fused-ring (bicyclic) bond motifs is 1. The van der Waals surface area contributed by atoms with Gasteiger partial charge in [-0.15, -0.1) is 0 Å². The Kier molecular flexibility index (Phi) is 4.82. The van der Waals surface area contributed by atoms with Crippen molar-refractivity contribution in [3.05, 3.63) is 70.9 Å². The molecule has 2 atom stereocenters. The van der Waals surface area contributed by atoms with Crippen LogP contribution in [0.15, 0.2) is 64.4 Å². The molecule has 1 aromatic heterocycles. The van der Waals surface area contributed by atoms with E-state index >= 15 is 0 Å². The number of benzene rings is 2.